The van der Waals surface area contributed by atoms with Crippen LogP contribution in [0.2, 0.25) is 0 Å². The Morgan fingerprint density at radius 1 is 1.40 bits per heavy atom. The van der Waals surface area contributed by atoms with Crippen LogP contribution in [0.25, 0.3) is 0 Å². The van der Waals surface area contributed by atoms with Gasteiger partial charge in [0.1, 0.15) is 0 Å². The molecule has 0 fully saturated rings. The largest absolute Gasteiger partial charge is 0.481 e. The first-order valence-corrected chi connectivity index (χ1v) is 5.96. The van der Waals surface area contributed by atoms with Gasteiger partial charge in [0.05, 0.1) is 6.42 Å². The second-order valence-corrected chi connectivity index (χ2v) is 4.45. The predicted molar refractivity (Wildman–Crippen MR) is 63.0 cm³/mol. The van der Waals surface area contributed by atoms with Crippen molar-refractivity contribution >= 4 is 5.97 Å². The molecular formula is C12H25NO2. The maximum absolute atomic E-state index is 10.9. The monoisotopic (exact) mass is 215 g/mol. The van der Waals surface area contributed by atoms with E-state index in [4.69, 9.17) is 5.11 Å². The molecule has 2 N–H and O–H groups in total. The van der Waals surface area contributed by atoms with Gasteiger partial charge in [-0.15, -0.1) is 0 Å². The van der Waals surface area contributed by atoms with Crippen LogP contribution in [0, 0.1) is 5.92 Å². The highest BCUT2D eigenvalue weighted by Crippen LogP contribution is 2.26. The van der Waals surface area contributed by atoms with E-state index in [-0.39, 0.29) is 12.0 Å². The van der Waals surface area contributed by atoms with E-state index in [1.807, 2.05) is 6.92 Å². The van der Waals surface area contributed by atoms with Gasteiger partial charge >= 0.3 is 5.97 Å². The number of hydrogen-bond donors (Lipinski definition) is 2. The summed E-state index contributed by atoms with van der Waals surface area (Å²) in [4.78, 5) is 10.9. The zero-order valence-corrected chi connectivity index (χ0v) is 10.5. The fraction of sp³-hybridized carbons (Fsp3) is 0.917. The fourth-order valence-corrected chi connectivity index (χ4v) is 2.08. The molecule has 0 aliphatic heterocycles. The van der Waals surface area contributed by atoms with E-state index in [1.165, 1.54) is 0 Å². The third-order valence-corrected chi connectivity index (χ3v) is 3.15. The average molecular weight is 215 g/mol. The molecule has 2 unspecified atom stereocenters. The number of nitrogens with one attached hydrogen (secondary N) is 1. The molecule has 0 spiro atoms. The molecule has 0 aliphatic rings. The highest BCUT2D eigenvalue weighted by molar-refractivity contribution is 5.68. The average Bonchev–Trinajstić information content (AvgIpc) is 2.16. The predicted octanol–water partition coefficient (Wildman–Crippen LogP) is 2.66. The number of rotatable bonds is 8. The smallest absolute Gasteiger partial charge is 0.305 e. The third kappa shape index (κ3) is 5.17. The first-order chi connectivity index (χ1) is 6.99. The lowest BCUT2D eigenvalue weighted by Crippen LogP contribution is -2.47. The Morgan fingerprint density at radius 3 is 2.33 bits per heavy atom. The van der Waals surface area contributed by atoms with E-state index in [1.54, 1.807) is 0 Å². The zero-order chi connectivity index (χ0) is 11.9. The SMILES string of the molecule is CCNC(CC)(CC(=O)O)CC(C)CC. The summed E-state index contributed by atoms with van der Waals surface area (Å²) in [6.07, 6.45) is 3.14. The quantitative estimate of drug-likeness (QED) is 0.654. The van der Waals surface area contributed by atoms with Crippen LogP contribution in [0.5, 0.6) is 0 Å². The van der Waals surface area contributed by atoms with Crippen LogP contribution in [-0.2, 0) is 4.79 Å². The van der Waals surface area contributed by atoms with Gasteiger partial charge in [0, 0.05) is 5.54 Å². The number of aliphatic carboxylic acids is 1. The van der Waals surface area contributed by atoms with Crippen LogP contribution in [0.15, 0.2) is 0 Å². The molecule has 0 aromatic carbocycles. The molecular weight excluding hydrogens is 190 g/mol. The molecule has 0 amide bonds. The molecule has 2 atom stereocenters. The number of hydrogen-bond acceptors (Lipinski definition) is 2. The summed E-state index contributed by atoms with van der Waals surface area (Å²) < 4.78 is 0. The molecule has 0 saturated carbocycles. The summed E-state index contributed by atoms with van der Waals surface area (Å²) in [6, 6.07) is 0. The van der Waals surface area contributed by atoms with Gasteiger partial charge in [-0.25, -0.2) is 0 Å². The molecule has 0 aromatic rings. The first kappa shape index (κ1) is 14.4. The number of carboxylic acids is 1. The van der Waals surface area contributed by atoms with Crippen molar-refractivity contribution in [2.75, 3.05) is 6.54 Å². The second-order valence-electron chi connectivity index (χ2n) is 4.45. The van der Waals surface area contributed by atoms with Crippen LogP contribution in [0.3, 0.4) is 0 Å². The Bertz CT molecular complexity index is 194. The normalized spacial score (nSPS) is 17.1. The van der Waals surface area contributed by atoms with E-state index < -0.39 is 5.97 Å². The molecule has 3 heteroatoms. The maximum Gasteiger partial charge on any atom is 0.305 e. The van der Waals surface area contributed by atoms with Crippen molar-refractivity contribution in [2.45, 2.75) is 58.9 Å². The van der Waals surface area contributed by atoms with Crippen LogP contribution in [0.1, 0.15) is 53.4 Å². The molecule has 15 heavy (non-hydrogen) atoms. The zero-order valence-electron chi connectivity index (χ0n) is 10.5. The Hall–Kier alpha value is -0.570. The van der Waals surface area contributed by atoms with Gasteiger partial charge in [-0.05, 0) is 25.3 Å². The molecule has 90 valence electrons. The molecule has 0 aromatic heterocycles. The van der Waals surface area contributed by atoms with Gasteiger partial charge in [0.15, 0.2) is 0 Å². The van der Waals surface area contributed by atoms with Gasteiger partial charge in [0.2, 0.25) is 0 Å². The third-order valence-electron chi connectivity index (χ3n) is 3.15. The summed E-state index contributed by atoms with van der Waals surface area (Å²) >= 11 is 0. The van der Waals surface area contributed by atoms with Gasteiger partial charge in [-0.3, -0.25) is 4.79 Å². The minimum Gasteiger partial charge on any atom is -0.481 e. The fourth-order valence-electron chi connectivity index (χ4n) is 2.08. The van der Waals surface area contributed by atoms with Crippen molar-refractivity contribution in [1.29, 1.82) is 0 Å². The lowest BCUT2D eigenvalue weighted by atomic mass is 9.82. The van der Waals surface area contributed by atoms with E-state index in [2.05, 4.69) is 26.1 Å². The van der Waals surface area contributed by atoms with E-state index in [9.17, 15) is 4.79 Å². The second kappa shape index (κ2) is 6.83. The Morgan fingerprint density at radius 2 is 2.00 bits per heavy atom. The van der Waals surface area contributed by atoms with Crippen LogP contribution < -0.4 is 5.32 Å². The van der Waals surface area contributed by atoms with Crippen molar-refractivity contribution in [1.82, 2.24) is 5.32 Å². The minimum atomic E-state index is -0.707. The molecule has 0 saturated heterocycles. The summed E-state index contributed by atoms with van der Waals surface area (Å²) in [5.74, 6) is -0.135. The highest BCUT2D eigenvalue weighted by Gasteiger charge is 2.31. The van der Waals surface area contributed by atoms with Crippen molar-refractivity contribution in [3.63, 3.8) is 0 Å². The molecule has 3 nitrogen and oxygen atoms in total. The van der Waals surface area contributed by atoms with E-state index >= 15 is 0 Å². The standard InChI is InChI=1S/C12H25NO2/c1-5-10(4)8-12(6-2,13-7-3)9-11(14)15/h10,13H,5-9H2,1-4H3,(H,14,15). The van der Waals surface area contributed by atoms with Crippen LogP contribution in [0.4, 0.5) is 0 Å². The van der Waals surface area contributed by atoms with Crippen molar-refractivity contribution in [3.05, 3.63) is 0 Å². The van der Waals surface area contributed by atoms with Crippen LogP contribution in [-0.4, -0.2) is 23.2 Å². The van der Waals surface area contributed by atoms with Gasteiger partial charge in [-0.2, -0.15) is 0 Å². The lowest BCUT2D eigenvalue weighted by molar-refractivity contribution is -0.139. The minimum absolute atomic E-state index is 0.212. The Balaban J connectivity index is 4.55. The lowest BCUT2D eigenvalue weighted by Gasteiger charge is -2.34. The summed E-state index contributed by atoms with van der Waals surface area (Å²) in [5, 5.41) is 12.3. The number of carbonyl (C=O) groups is 1. The van der Waals surface area contributed by atoms with Gasteiger partial charge < -0.3 is 10.4 Å². The number of carboxylic acid groups (broad SMARTS) is 1. The van der Waals surface area contributed by atoms with E-state index in [0.29, 0.717) is 5.92 Å². The summed E-state index contributed by atoms with van der Waals surface area (Å²) in [5.41, 5.74) is -0.212. The summed E-state index contributed by atoms with van der Waals surface area (Å²) in [6.45, 7) is 9.26. The van der Waals surface area contributed by atoms with Crippen molar-refractivity contribution in [2.24, 2.45) is 5.92 Å². The topological polar surface area (TPSA) is 49.3 Å². The van der Waals surface area contributed by atoms with Crippen molar-refractivity contribution < 1.29 is 9.90 Å². The molecule has 0 bridgehead atoms. The van der Waals surface area contributed by atoms with Crippen molar-refractivity contribution in [3.8, 4) is 0 Å². The Labute approximate surface area is 93.3 Å². The maximum atomic E-state index is 10.9. The first-order valence-electron chi connectivity index (χ1n) is 5.96. The van der Waals surface area contributed by atoms with Gasteiger partial charge in [0.25, 0.3) is 0 Å². The van der Waals surface area contributed by atoms with Gasteiger partial charge in [-0.1, -0.05) is 34.1 Å². The molecule has 0 radical (unpaired) electrons. The van der Waals surface area contributed by atoms with E-state index in [0.717, 1.165) is 25.8 Å². The molecule has 0 heterocycles. The molecule has 0 rings (SSSR count). The Kier molecular flexibility index (Phi) is 6.57. The summed E-state index contributed by atoms with van der Waals surface area (Å²) in [7, 11) is 0. The molecule has 0 aliphatic carbocycles. The van der Waals surface area contributed by atoms with Crippen LogP contribution >= 0.6 is 0 Å². The highest BCUT2D eigenvalue weighted by atomic mass is 16.4.